The Hall–Kier alpha value is -2.17. The molecular formula is C11H11F3N2O5S. The monoisotopic (exact) mass is 340 g/mol. The number of nitrogens with one attached hydrogen (secondary N) is 2. The van der Waals surface area contributed by atoms with Crippen molar-refractivity contribution in [2.24, 2.45) is 0 Å². The number of methoxy groups -OCH3 is 1. The van der Waals surface area contributed by atoms with Crippen LogP contribution in [0.15, 0.2) is 18.2 Å². The van der Waals surface area contributed by atoms with Gasteiger partial charge in [-0.3, -0.25) is 4.72 Å². The van der Waals surface area contributed by atoms with Crippen LogP contribution in [-0.2, 0) is 14.8 Å². The molecule has 0 saturated carbocycles. The first kappa shape index (κ1) is 16.2. The highest BCUT2D eigenvalue weighted by atomic mass is 32.2. The van der Waals surface area contributed by atoms with Crippen molar-refractivity contribution in [3.63, 3.8) is 0 Å². The van der Waals surface area contributed by atoms with E-state index in [2.05, 4.69) is 10.1 Å². The number of ether oxygens (including phenoxy) is 2. The second-order valence-electron chi connectivity index (χ2n) is 4.30. The van der Waals surface area contributed by atoms with Crippen molar-refractivity contribution in [1.82, 2.24) is 5.32 Å². The van der Waals surface area contributed by atoms with Gasteiger partial charge in [0.25, 0.3) is 0 Å². The predicted octanol–water partition coefficient (Wildman–Crippen LogP) is 1.74. The van der Waals surface area contributed by atoms with E-state index in [4.69, 9.17) is 4.74 Å². The molecular weight excluding hydrogens is 329 g/mol. The molecule has 2 N–H and O–H groups in total. The van der Waals surface area contributed by atoms with Crippen molar-refractivity contribution in [1.29, 1.82) is 0 Å². The Balaban J connectivity index is 2.19. The van der Waals surface area contributed by atoms with Gasteiger partial charge >= 0.3 is 21.6 Å². The molecule has 1 amide bonds. The SMILES string of the molecule is COC(=O)N[C@@H]1COc2cc(NS(=O)(=O)C(F)(F)F)ccc21. The van der Waals surface area contributed by atoms with E-state index in [9.17, 15) is 26.4 Å². The van der Waals surface area contributed by atoms with Crippen molar-refractivity contribution in [3.05, 3.63) is 23.8 Å². The number of benzene rings is 1. The lowest BCUT2D eigenvalue weighted by molar-refractivity contribution is -0.0429. The van der Waals surface area contributed by atoms with Crippen LogP contribution in [0.25, 0.3) is 0 Å². The number of amides is 1. The van der Waals surface area contributed by atoms with Gasteiger partial charge in [0.2, 0.25) is 0 Å². The summed E-state index contributed by atoms with van der Waals surface area (Å²) in [5.41, 5.74) is -5.21. The molecule has 22 heavy (non-hydrogen) atoms. The molecule has 1 heterocycles. The van der Waals surface area contributed by atoms with Gasteiger partial charge in [-0.1, -0.05) is 6.07 Å². The molecule has 7 nitrogen and oxygen atoms in total. The van der Waals surface area contributed by atoms with Crippen LogP contribution in [-0.4, -0.2) is 33.7 Å². The zero-order valence-corrected chi connectivity index (χ0v) is 11.9. The first-order valence-corrected chi connectivity index (χ1v) is 7.32. The second-order valence-corrected chi connectivity index (χ2v) is 5.98. The fraction of sp³-hybridized carbons (Fsp3) is 0.364. The van der Waals surface area contributed by atoms with Crippen molar-refractivity contribution in [2.45, 2.75) is 11.6 Å². The summed E-state index contributed by atoms with van der Waals surface area (Å²) < 4.78 is 70.0. The van der Waals surface area contributed by atoms with Crippen LogP contribution in [0, 0.1) is 0 Å². The molecule has 122 valence electrons. The van der Waals surface area contributed by atoms with Crippen LogP contribution in [0.5, 0.6) is 5.75 Å². The fourth-order valence-electron chi connectivity index (χ4n) is 1.81. The van der Waals surface area contributed by atoms with Crippen molar-refractivity contribution >= 4 is 21.8 Å². The minimum atomic E-state index is -5.50. The normalized spacial score (nSPS) is 17.4. The summed E-state index contributed by atoms with van der Waals surface area (Å²) in [5.74, 6) is 0.170. The van der Waals surface area contributed by atoms with Gasteiger partial charge in [0, 0.05) is 11.6 Å². The van der Waals surface area contributed by atoms with Gasteiger partial charge in [0.1, 0.15) is 12.4 Å². The molecule has 0 aliphatic carbocycles. The van der Waals surface area contributed by atoms with Crippen molar-refractivity contribution < 1.29 is 35.9 Å². The van der Waals surface area contributed by atoms with Crippen molar-refractivity contribution in [3.8, 4) is 5.75 Å². The minimum Gasteiger partial charge on any atom is -0.491 e. The van der Waals surface area contributed by atoms with E-state index >= 15 is 0 Å². The molecule has 0 spiro atoms. The number of rotatable bonds is 3. The third-order valence-electron chi connectivity index (χ3n) is 2.83. The summed E-state index contributed by atoms with van der Waals surface area (Å²) in [4.78, 5) is 11.1. The quantitative estimate of drug-likeness (QED) is 0.874. The zero-order valence-electron chi connectivity index (χ0n) is 11.1. The number of fused-ring (bicyclic) bond motifs is 1. The second kappa shape index (κ2) is 5.55. The minimum absolute atomic E-state index is 0.0555. The number of hydrogen-bond donors (Lipinski definition) is 2. The van der Waals surface area contributed by atoms with Gasteiger partial charge in [0.15, 0.2) is 0 Å². The molecule has 1 atom stereocenters. The lowest BCUT2D eigenvalue weighted by Crippen LogP contribution is -2.30. The highest BCUT2D eigenvalue weighted by molar-refractivity contribution is 7.93. The van der Waals surface area contributed by atoms with Crippen LogP contribution >= 0.6 is 0 Å². The summed E-state index contributed by atoms with van der Waals surface area (Å²) in [6.45, 7) is 0.0555. The average molecular weight is 340 g/mol. The highest BCUT2D eigenvalue weighted by Crippen LogP contribution is 2.35. The topological polar surface area (TPSA) is 93.7 Å². The van der Waals surface area contributed by atoms with Crippen LogP contribution < -0.4 is 14.8 Å². The van der Waals surface area contributed by atoms with Crippen LogP contribution in [0.3, 0.4) is 0 Å². The van der Waals surface area contributed by atoms with E-state index in [1.165, 1.54) is 17.9 Å². The fourth-order valence-corrected chi connectivity index (χ4v) is 2.36. The first-order chi connectivity index (χ1) is 10.1. The summed E-state index contributed by atoms with van der Waals surface area (Å²) in [6.07, 6.45) is -0.691. The van der Waals surface area contributed by atoms with Crippen LogP contribution in [0.4, 0.5) is 23.7 Å². The Labute approximate surface area is 123 Å². The summed E-state index contributed by atoms with van der Waals surface area (Å²) in [7, 11) is -4.32. The molecule has 0 fully saturated rings. The molecule has 1 aliphatic rings. The standard InChI is InChI=1S/C11H11F3N2O5S/c1-20-10(17)15-8-5-21-9-4-6(2-3-7(8)9)16-22(18,19)11(12,13)14/h2-4,8,16H,5H2,1H3,(H,15,17)/t8-/m1/s1. The van der Waals surface area contributed by atoms with Gasteiger partial charge < -0.3 is 14.8 Å². The molecule has 11 heteroatoms. The predicted molar refractivity (Wildman–Crippen MR) is 68.8 cm³/mol. The number of alkyl carbamates (subject to hydrolysis) is 1. The summed E-state index contributed by atoms with van der Waals surface area (Å²) >= 11 is 0. The molecule has 1 aliphatic heterocycles. The lowest BCUT2D eigenvalue weighted by Gasteiger charge is -2.12. The first-order valence-electron chi connectivity index (χ1n) is 5.84. The number of sulfonamides is 1. The Morgan fingerprint density at radius 2 is 2.09 bits per heavy atom. The van der Waals surface area contributed by atoms with Crippen molar-refractivity contribution in [2.75, 3.05) is 18.4 Å². The molecule has 0 unspecified atom stereocenters. The van der Waals surface area contributed by atoms with Gasteiger partial charge in [0.05, 0.1) is 18.8 Å². The van der Waals surface area contributed by atoms with E-state index in [-0.39, 0.29) is 18.0 Å². The van der Waals surface area contributed by atoms with E-state index < -0.39 is 27.7 Å². The summed E-state index contributed by atoms with van der Waals surface area (Å²) in [5, 5.41) is 2.47. The van der Waals surface area contributed by atoms with E-state index in [0.717, 1.165) is 12.1 Å². The number of carbonyl (C=O) groups excluding carboxylic acids is 1. The Morgan fingerprint density at radius 1 is 1.41 bits per heavy atom. The zero-order chi connectivity index (χ0) is 16.5. The molecule has 0 bridgehead atoms. The third kappa shape index (κ3) is 3.18. The Bertz CT molecular complexity index is 689. The maximum Gasteiger partial charge on any atom is 0.516 e. The smallest absolute Gasteiger partial charge is 0.491 e. The molecule has 0 aromatic heterocycles. The van der Waals surface area contributed by atoms with Gasteiger partial charge in [-0.2, -0.15) is 21.6 Å². The molecule has 0 saturated heterocycles. The average Bonchev–Trinajstić information content (AvgIpc) is 2.79. The lowest BCUT2D eigenvalue weighted by atomic mass is 10.1. The summed E-state index contributed by atoms with van der Waals surface area (Å²) in [6, 6.07) is 3.08. The molecule has 1 aromatic rings. The van der Waals surface area contributed by atoms with Crippen LogP contribution in [0.2, 0.25) is 0 Å². The molecule has 1 aromatic carbocycles. The maximum atomic E-state index is 12.3. The van der Waals surface area contributed by atoms with E-state index in [1.54, 1.807) is 0 Å². The van der Waals surface area contributed by atoms with Gasteiger partial charge in [-0.25, -0.2) is 4.79 Å². The molecule has 2 rings (SSSR count). The van der Waals surface area contributed by atoms with Crippen LogP contribution in [0.1, 0.15) is 11.6 Å². The largest absolute Gasteiger partial charge is 0.516 e. The number of alkyl halides is 3. The number of halogens is 3. The van der Waals surface area contributed by atoms with Gasteiger partial charge in [-0.15, -0.1) is 0 Å². The highest BCUT2D eigenvalue weighted by Gasteiger charge is 2.46. The Morgan fingerprint density at radius 3 is 2.68 bits per heavy atom. The van der Waals surface area contributed by atoms with E-state index in [0.29, 0.717) is 5.56 Å². The Kier molecular flexibility index (Phi) is 4.09. The maximum absolute atomic E-state index is 12.3. The number of carbonyl (C=O) groups is 1. The molecule has 0 radical (unpaired) electrons. The van der Waals surface area contributed by atoms with E-state index in [1.807, 2.05) is 0 Å². The third-order valence-corrected chi connectivity index (χ3v) is 3.94. The number of anilines is 1. The number of hydrogen-bond acceptors (Lipinski definition) is 5. The van der Waals surface area contributed by atoms with Gasteiger partial charge in [-0.05, 0) is 6.07 Å².